The number of hydrogen-bond donors (Lipinski definition) is 2. The number of aromatic nitrogens is 2. The van der Waals surface area contributed by atoms with E-state index in [1.807, 2.05) is 17.1 Å². The molecule has 4 heteroatoms. The van der Waals surface area contributed by atoms with Crippen molar-refractivity contribution in [2.24, 2.45) is 5.84 Å². The third-order valence-electron chi connectivity index (χ3n) is 1.99. The van der Waals surface area contributed by atoms with Crippen molar-refractivity contribution < 1.29 is 0 Å². The number of aryl methyl sites for hydroxylation is 1. The normalized spacial score (nSPS) is 13.2. The Labute approximate surface area is 72.7 Å². The maximum absolute atomic E-state index is 5.38. The predicted molar refractivity (Wildman–Crippen MR) is 48.3 cm³/mol. The van der Waals surface area contributed by atoms with Gasteiger partial charge in [-0.1, -0.05) is 6.92 Å². The van der Waals surface area contributed by atoms with E-state index in [4.69, 9.17) is 5.84 Å². The van der Waals surface area contributed by atoms with Crippen molar-refractivity contribution in [3.8, 4) is 0 Å². The molecule has 0 aromatic carbocycles. The van der Waals surface area contributed by atoms with Gasteiger partial charge in [-0.3, -0.25) is 16.0 Å². The zero-order chi connectivity index (χ0) is 8.97. The first-order valence-electron chi connectivity index (χ1n) is 4.30. The number of hydrogen-bond acceptors (Lipinski definition) is 3. The largest absolute Gasteiger partial charge is 0.273 e. The quantitative estimate of drug-likeness (QED) is 0.517. The second-order valence-electron chi connectivity index (χ2n) is 2.76. The summed E-state index contributed by atoms with van der Waals surface area (Å²) in [6.45, 7) is 5.06. The van der Waals surface area contributed by atoms with Gasteiger partial charge >= 0.3 is 0 Å². The molecule has 0 spiro atoms. The van der Waals surface area contributed by atoms with Gasteiger partial charge in [-0.15, -0.1) is 0 Å². The Morgan fingerprint density at radius 1 is 1.67 bits per heavy atom. The van der Waals surface area contributed by atoms with Gasteiger partial charge < -0.3 is 0 Å². The van der Waals surface area contributed by atoms with Crippen LogP contribution in [0.1, 0.15) is 31.9 Å². The van der Waals surface area contributed by atoms with Crippen molar-refractivity contribution in [2.45, 2.75) is 32.9 Å². The highest BCUT2D eigenvalue weighted by Gasteiger charge is 2.08. The van der Waals surface area contributed by atoms with E-state index >= 15 is 0 Å². The van der Waals surface area contributed by atoms with E-state index in [-0.39, 0.29) is 6.04 Å². The zero-order valence-electron chi connectivity index (χ0n) is 7.62. The van der Waals surface area contributed by atoms with E-state index in [0.717, 1.165) is 18.5 Å². The molecule has 1 atom stereocenters. The fraction of sp³-hybridized carbons (Fsp3) is 0.625. The van der Waals surface area contributed by atoms with Crippen molar-refractivity contribution >= 4 is 0 Å². The summed E-state index contributed by atoms with van der Waals surface area (Å²) in [5.41, 5.74) is 3.91. The molecular weight excluding hydrogens is 152 g/mol. The van der Waals surface area contributed by atoms with Gasteiger partial charge in [0.05, 0.1) is 6.20 Å². The van der Waals surface area contributed by atoms with Crippen molar-refractivity contribution in [1.29, 1.82) is 0 Å². The average Bonchev–Trinajstić information content (AvgIpc) is 2.55. The van der Waals surface area contributed by atoms with Crippen LogP contribution in [0.2, 0.25) is 0 Å². The molecule has 0 aliphatic carbocycles. The summed E-state index contributed by atoms with van der Waals surface area (Å²) >= 11 is 0. The first-order chi connectivity index (χ1) is 5.81. The summed E-state index contributed by atoms with van der Waals surface area (Å²) in [6.07, 6.45) is 4.86. The molecule has 0 bridgehead atoms. The third kappa shape index (κ3) is 1.84. The topological polar surface area (TPSA) is 55.9 Å². The lowest BCUT2D eigenvalue weighted by Gasteiger charge is -2.09. The van der Waals surface area contributed by atoms with Crippen molar-refractivity contribution in [3.63, 3.8) is 0 Å². The Morgan fingerprint density at radius 2 is 2.42 bits per heavy atom. The van der Waals surface area contributed by atoms with Crippen LogP contribution in [0.4, 0.5) is 0 Å². The molecule has 0 aliphatic rings. The predicted octanol–water partition coefficient (Wildman–Crippen LogP) is 0.817. The molecule has 1 aromatic rings. The van der Waals surface area contributed by atoms with Crippen molar-refractivity contribution in [3.05, 3.63) is 18.0 Å². The number of nitrogens with one attached hydrogen (secondary N) is 1. The Bertz CT molecular complexity index is 227. The lowest BCUT2D eigenvalue weighted by molar-refractivity contribution is 0.538. The Balaban J connectivity index is 2.72. The Kier molecular flexibility index (Phi) is 3.25. The minimum Gasteiger partial charge on any atom is -0.273 e. The summed E-state index contributed by atoms with van der Waals surface area (Å²) in [5, 5.41) is 4.17. The first kappa shape index (κ1) is 9.22. The molecule has 0 fully saturated rings. The molecule has 1 aromatic heterocycles. The van der Waals surface area contributed by atoms with Gasteiger partial charge in [-0.05, 0) is 13.3 Å². The molecule has 0 saturated carbocycles. The van der Waals surface area contributed by atoms with E-state index in [0.29, 0.717) is 0 Å². The van der Waals surface area contributed by atoms with Crippen LogP contribution >= 0.6 is 0 Å². The summed E-state index contributed by atoms with van der Waals surface area (Å²) in [7, 11) is 0. The molecule has 0 radical (unpaired) electrons. The smallest absolute Gasteiger partial charge is 0.0538 e. The lowest BCUT2D eigenvalue weighted by Crippen LogP contribution is -2.27. The van der Waals surface area contributed by atoms with Gasteiger partial charge in [0.15, 0.2) is 0 Å². The summed E-state index contributed by atoms with van der Waals surface area (Å²) < 4.78 is 1.90. The van der Waals surface area contributed by atoms with Crippen LogP contribution < -0.4 is 11.3 Å². The highest BCUT2D eigenvalue weighted by Crippen LogP contribution is 2.13. The molecule has 1 heterocycles. The molecule has 68 valence electrons. The van der Waals surface area contributed by atoms with Crippen LogP contribution in [0.15, 0.2) is 12.4 Å². The second kappa shape index (κ2) is 4.23. The number of hydrazine groups is 1. The summed E-state index contributed by atoms with van der Waals surface area (Å²) in [6, 6.07) is 0.227. The van der Waals surface area contributed by atoms with E-state index < -0.39 is 0 Å². The molecule has 1 rings (SSSR count). The molecular formula is C8H16N4. The van der Waals surface area contributed by atoms with Crippen molar-refractivity contribution in [1.82, 2.24) is 15.2 Å². The molecule has 0 aliphatic heterocycles. The highest BCUT2D eigenvalue weighted by atomic mass is 15.3. The Morgan fingerprint density at radius 3 is 2.83 bits per heavy atom. The van der Waals surface area contributed by atoms with E-state index in [2.05, 4.69) is 24.4 Å². The SMILES string of the molecule is CCC(NN)c1cnn(CC)c1. The molecule has 0 saturated heterocycles. The minimum absolute atomic E-state index is 0.227. The van der Waals surface area contributed by atoms with Crippen LogP contribution in [-0.4, -0.2) is 9.78 Å². The molecule has 4 nitrogen and oxygen atoms in total. The van der Waals surface area contributed by atoms with E-state index in [1.165, 1.54) is 0 Å². The van der Waals surface area contributed by atoms with Crippen LogP contribution in [0, 0.1) is 0 Å². The number of nitrogens with two attached hydrogens (primary N) is 1. The Hall–Kier alpha value is -0.870. The maximum Gasteiger partial charge on any atom is 0.0538 e. The van der Waals surface area contributed by atoms with Gasteiger partial charge in [0.2, 0.25) is 0 Å². The van der Waals surface area contributed by atoms with Crippen LogP contribution in [-0.2, 0) is 6.54 Å². The van der Waals surface area contributed by atoms with Gasteiger partial charge in [-0.2, -0.15) is 5.10 Å². The monoisotopic (exact) mass is 168 g/mol. The minimum atomic E-state index is 0.227. The van der Waals surface area contributed by atoms with Crippen molar-refractivity contribution in [2.75, 3.05) is 0 Å². The number of rotatable bonds is 4. The fourth-order valence-electron chi connectivity index (χ4n) is 1.18. The van der Waals surface area contributed by atoms with E-state index in [9.17, 15) is 0 Å². The molecule has 1 unspecified atom stereocenters. The zero-order valence-corrected chi connectivity index (χ0v) is 7.62. The molecule has 12 heavy (non-hydrogen) atoms. The van der Waals surface area contributed by atoms with Crippen LogP contribution in [0.25, 0.3) is 0 Å². The van der Waals surface area contributed by atoms with Crippen LogP contribution in [0.5, 0.6) is 0 Å². The highest BCUT2D eigenvalue weighted by molar-refractivity contribution is 5.09. The second-order valence-corrected chi connectivity index (χ2v) is 2.76. The number of nitrogens with zero attached hydrogens (tertiary/aromatic N) is 2. The fourth-order valence-corrected chi connectivity index (χ4v) is 1.18. The van der Waals surface area contributed by atoms with E-state index in [1.54, 1.807) is 0 Å². The van der Waals surface area contributed by atoms with Crippen LogP contribution in [0.3, 0.4) is 0 Å². The van der Waals surface area contributed by atoms with Gasteiger partial charge in [0, 0.05) is 24.3 Å². The average molecular weight is 168 g/mol. The first-order valence-corrected chi connectivity index (χ1v) is 4.30. The molecule has 0 amide bonds. The maximum atomic E-state index is 5.38. The molecule has 3 N–H and O–H groups in total. The van der Waals surface area contributed by atoms with Gasteiger partial charge in [0.1, 0.15) is 0 Å². The summed E-state index contributed by atoms with van der Waals surface area (Å²) in [5.74, 6) is 5.38. The lowest BCUT2D eigenvalue weighted by atomic mass is 10.1. The summed E-state index contributed by atoms with van der Waals surface area (Å²) in [4.78, 5) is 0. The van der Waals surface area contributed by atoms with Gasteiger partial charge in [0.25, 0.3) is 0 Å². The standard InChI is InChI=1S/C8H16N4/c1-3-8(11-9)7-5-10-12(4-2)6-7/h5-6,8,11H,3-4,9H2,1-2H3. The van der Waals surface area contributed by atoms with Gasteiger partial charge in [-0.25, -0.2) is 0 Å². The third-order valence-corrected chi connectivity index (χ3v) is 1.99.